The predicted octanol–water partition coefficient (Wildman–Crippen LogP) is 0.820. The van der Waals surface area contributed by atoms with Crippen LogP contribution in [0, 0.1) is 0 Å². The molecule has 80 valence electrons. The maximum atomic E-state index is 10.9. The van der Waals surface area contributed by atoms with E-state index in [2.05, 4.69) is 20.6 Å². The van der Waals surface area contributed by atoms with Crippen molar-refractivity contribution in [2.45, 2.75) is 18.9 Å². The number of rotatable bonds is 2. The molecule has 0 radical (unpaired) electrons. The molecule has 2 N–H and O–H groups in total. The number of nitrogens with zero attached hydrogens (tertiary/aromatic N) is 2. The zero-order valence-electron chi connectivity index (χ0n) is 8.03. The van der Waals surface area contributed by atoms with Crippen molar-refractivity contribution in [1.82, 2.24) is 15.3 Å². The molecular formula is C9H11ClN4O. The van der Waals surface area contributed by atoms with Crippen LogP contribution in [0.1, 0.15) is 12.8 Å². The monoisotopic (exact) mass is 226 g/mol. The van der Waals surface area contributed by atoms with E-state index in [1.54, 1.807) is 6.20 Å². The molecule has 1 unspecified atom stereocenters. The highest BCUT2D eigenvalue weighted by Crippen LogP contribution is 2.17. The van der Waals surface area contributed by atoms with Crippen LogP contribution in [0.25, 0.3) is 0 Å². The van der Waals surface area contributed by atoms with Gasteiger partial charge in [-0.05, 0) is 6.42 Å². The van der Waals surface area contributed by atoms with Gasteiger partial charge < -0.3 is 10.6 Å². The van der Waals surface area contributed by atoms with E-state index in [9.17, 15) is 4.79 Å². The largest absolute Gasteiger partial charge is 0.363 e. The Balaban J connectivity index is 1.97. The number of carbonyl (C=O) groups is 1. The maximum Gasteiger partial charge on any atom is 0.220 e. The fourth-order valence-corrected chi connectivity index (χ4v) is 1.63. The Hall–Kier alpha value is -1.36. The summed E-state index contributed by atoms with van der Waals surface area (Å²) in [6, 6.07) is 0.178. The lowest BCUT2D eigenvalue weighted by molar-refractivity contribution is -0.122. The van der Waals surface area contributed by atoms with E-state index in [4.69, 9.17) is 11.6 Å². The van der Waals surface area contributed by atoms with Gasteiger partial charge in [-0.15, -0.1) is 0 Å². The SMILES string of the molecule is O=C1CCC(Nc2nccnc2Cl)CN1. The highest BCUT2D eigenvalue weighted by atomic mass is 35.5. The van der Waals surface area contributed by atoms with E-state index >= 15 is 0 Å². The van der Waals surface area contributed by atoms with E-state index in [1.165, 1.54) is 6.20 Å². The van der Waals surface area contributed by atoms with Crippen LogP contribution in [0.3, 0.4) is 0 Å². The van der Waals surface area contributed by atoms with Crippen molar-refractivity contribution in [3.63, 3.8) is 0 Å². The second kappa shape index (κ2) is 4.44. The zero-order valence-corrected chi connectivity index (χ0v) is 8.79. The summed E-state index contributed by atoms with van der Waals surface area (Å²) in [6.07, 6.45) is 4.44. The van der Waals surface area contributed by atoms with Gasteiger partial charge in [0.1, 0.15) is 0 Å². The number of nitrogens with one attached hydrogen (secondary N) is 2. The van der Waals surface area contributed by atoms with Crippen LogP contribution in [-0.4, -0.2) is 28.5 Å². The minimum Gasteiger partial charge on any atom is -0.363 e. The van der Waals surface area contributed by atoms with Crippen LogP contribution in [0.15, 0.2) is 12.4 Å². The number of aromatic nitrogens is 2. The molecule has 0 saturated carbocycles. The minimum atomic E-state index is 0.0956. The second-order valence-corrected chi connectivity index (χ2v) is 3.74. The van der Waals surface area contributed by atoms with Crippen molar-refractivity contribution >= 4 is 23.3 Å². The fourth-order valence-electron chi connectivity index (χ4n) is 1.47. The van der Waals surface area contributed by atoms with E-state index in [1.807, 2.05) is 0 Å². The fraction of sp³-hybridized carbons (Fsp3) is 0.444. The van der Waals surface area contributed by atoms with Crippen LogP contribution in [-0.2, 0) is 4.79 Å². The van der Waals surface area contributed by atoms with Crippen LogP contribution in [0.5, 0.6) is 0 Å². The summed E-state index contributed by atoms with van der Waals surface area (Å²) in [4.78, 5) is 18.9. The summed E-state index contributed by atoms with van der Waals surface area (Å²) in [5, 5.41) is 6.28. The Kier molecular flexibility index (Phi) is 3.01. The molecule has 1 fully saturated rings. The number of amides is 1. The number of hydrogen-bond acceptors (Lipinski definition) is 4. The third kappa shape index (κ3) is 2.56. The lowest BCUT2D eigenvalue weighted by Gasteiger charge is -2.23. The molecule has 1 amide bonds. The molecule has 1 aromatic heterocycles. The third-order valence-corrected chi connectivity index (χ3v) is 2.54. The number of hydrogen-bond donors (Lipinski definition) is 2. The second-order valence-electron chi connectivity index (χ2n) is 3.38. The first-order valence-corrected chi connectivity index (χ1v) is 5.13. The Morgan fingerprint density at radius 1 is 1.47 bits per heavy atom. The molecule has 2 heterocycles. The van der Waals surface area contributed by atoms with Gasteiger partial charge in [-0.3, -0.25) is 4.79 Å². The molecule has 1 atom stereocenters. The predicted molar refractivity (Wildman–Crippen MR) is 56.7 cm³/mol. The lowest BCUT2D eigenvalue weighted by atomic mass is 10.1. The van der Waals surface area contributed by atoms with Gasteiger partial charge in [0.15, 0.2) is 11.0 Å². The molecule has 0 aliphatic carbocycles. The smallest absolute Gasteiger partial charge is 0.220 e. The summed E-state index contributed by atoms with van der Waals surface area (Å²) in [5.41, 5.74) is 0. The molecular weight excluding hydrogens is 216 g/mol. The highest BCUT2D eigenvalue weighted by molar-refractivity contribution is 6.31. The number of halogens is 1. The molecule has 1 saturated heterocycles. The molecule has 15 heavy (non-hydrogen) atoms. The number of anilines is 1. The minimum absolute atomic E-state index is 0.0956. The molecule has 5 nitrogen and oxygen atoms in total. The van der Waals surface area contributed by atoms with Crippen molar-refractivity contribution < 1.29 is 4.79 Å². The standard InChI is InChI=1S/C9H11ClN4O/c10-8-9(12-4-3-11-8)14-6-1-2-7(15)13-5-6/h3-4,6H,1-2,5H2,(H,12,14)(H,13,15). The summed E-state index contributed by atoms with van der Waals surface area (Å²) in [5.74, 6) is 0.665. The van der Waals surface area contributed by atoms with Gasteiger partial charge in [-0.25, -0.2) is 9.97 Å². The average Bonchev–Trinajstić information content (AvgIpc) is 2.25. The molecule has 2 rings (SSSR count). The van der Waals surface area contributed by atoms with Crippen LogP contribution < -0.4 is 10.6 Å². The summed E-state index contributed by atoms with van der Waals surface area (Å²) in [6.45, 7) is 0.603. The van der Waals surface area contributed by atoms with E-state index in [0.29, 0.717) is 23.9 Å². The quantitative estimate of drug-likeness (QED) is 0.784. The van der Waals surface area contributed by atoms with E-state index < -0.39 is 0 Å². The van der Waals surface area contributed by atoms with Crippen LogP contribution in [0.4, 0.5) is 5.82 Å². The average molecular weight is 227 g/mol. The Morgan fingerprint density at radius 2 is 2.27 bits per heavy atom. The van der Waals surface area contributed by atoms with E-state index in [-0.39, 0.29) is 11.9 Å². The van der Waals surface area contributed by atoms with Gasteiger partial charge in [0, 0.05) is 31.4 Å². The highest BCUT2D eigenvalue weighted by Gasteiger charge is 2.18. The molecule has 1 aromatic rings. The first-order chi connectivity index (χ1) is 7.25. The number of carbonyl (C=O) groups excluding carboxylic acids is 1. The van der Waals surface area contributed by atoms with Gasteiger partial charge in [-0.1, -0.05) is 11.6 Å². The molecule has 6 heteroatoms. The first kappa shape index (κ1) is 10.2. The third-order valence-electron chi connectivity index (χ3n) is 2.26. The molecule has 0 bridgehead atoms. The first-order valence-electron chi connectivity index (χ1n) is 4.75. The van der Waals surface area contributed by atoms with Crippen LogP contribution >= 0.6 is 11.6 Å². The van der Waals surface area contributed by atoms with Gasteiger partial charge in [0.05, 0.1) is 0 Å². The topological polar surface area (TPSA) is 66.9 Å². The Bertz CT molecular complexity index is 361. The van der Waals surface area contributed by atoms with Gasteiger partial charge in [0.2, 0.25) is 5.91 Å². The Morgan fingerprint density at radius 3 is 2.93 bits per heavy atom. The number of piperidine rings is 1. The van der Waals surface area contributed by atoms with Crippen molar-refractivity contribution in [1.29, 1.82) is 0 Å². The normalized spacial score (nSPS) is 20.9. The Labute approximate surface area is 92.3 Å². The summed E-state index contributed by atoms with van der Waals surface area (Å²) >= 11 is 5.85. The van der Waals surface area contributed by atoms with Gasteiger partial charge in [0.25, 0.3) is 0 Å². The lowest BCUT2D eigenvalue weighted by Crippen LogP contribution is -2.42. The molecule has 1 aliphatic heterocycles. The van der Waals surface area contributed by atoms with Crippen molar-refractivity contribution in [3.05, 3.63) is 17.5 Å². The van der Waals surface area contributed by atoms with Crippen molar-refractivity contribution in [3.8, 4) is 0 Å². The molecule has 0 aromatic carbocycles. The zero-order chi connectivity index (χ0) is 10.7. The van der Waals surface area contributed by atoms with Crippen molar-refractivity contribution in [2.75, 3.05) is 11.9 Å². The van der Waals surface area contributed by atoms with Crippen molar-refractivity contribution in [2.24, 2.45) is 0 Å². The van der Waals surface area contributed by atoms with Gasteiger partial charge >= 0.3 is 0 Å². The molecule has 0 spiro atoms. The maximum absolute atomic E-state index is 10.9. The van der Waals surface area contributed by atoms with Gasteiger partial charge in [-0.2, -0.15) is 0 Å². The van der Waals surface area contributed by atoms with E-state index in [0.717, 1.165) is 6.42 Å². The van der Waals surface area contributed by atoms with Crippen LogP contribution in [0.2, 0.25) is 5.15 Å². The molecule has 1 aliphatic rings. The summed E-state index contributed by atoms with van der Waals surface area (Å²) < 4.78 is 0. The summed E-state index contributed by atoms with van der Waals surface area (Å²) in [7, 11) is 0.